The SMILES string of the molecule is CNCc1cc(-c2ccccc2)n(S(=O)(=O)c2cccc(C(=O)NC)c2)c1. The van der Waals surface area contributed by atoms with E-state index in [2.05, 4.69) is 10.6 Å². The number of amides is 1. The molecule has 0 atom stereocenters. The minimum atomic E-state index is -3.87. The Kier molecular flexibility index (Phi) is 5.43. The van der Waals surface area contributed by atoms with Crippen molar-refractivity contribution >= 4 is 15.9 Å². The number of carbonyl (C=O) groups is 1. The van der Waals surface area contributed by atoms with Gasteiger partial charge in [0, 0.05) is 25.4 Å². The lowest BCUT2D eigenvalue weighted by Gasteiger charge is -2.11. The molecule has 0 saturated heterocycles. The van der Waals surface area contributed by atoms with E-state index in [1.165, 1.54) is 23.2 Å². The standard InChI is InChI=1S/C20H21N3O3S/c1-21-13-15-11-19(16-7-4-3-5-8-16)23(14-15)27(25,26)18-10-6-9-17(12-18)20(24)22-2/h3-12,14,21H,13H2,1-2H3,(H,22,24). The van der Waals surface area contributed by atoms with Gasteiger partial charge in [-0.1, -0.05) is 36.4 Å². The number of benzene rings is 2. The summed E-state index contributed by atoms with van der Waals surface area (Å²) in [5, 5.41) is 5.55. The van der Waals surface area contributed by atoms with Crippen molar-refractivity contribution < 1.29 is 13.2 Å². The van der Waals surface area contributed by atoms with Crippen molar-refractivity contribution in [3.05, 3.63) is 78.0 Å². The van der Waals surface area contributed by atoms with E-state index in [1.807, 2.05) is 36.4 Å². The second kappa shape index (κ2) is 7.77. The Bertz CT molecular complexity index is 1060. The molecule has 0 aliphatic rings. The van der Waals surface area contributed by atoms with Crippen LogP contribution < -0.4 is 10.6 Å². The first-order valence-electron chi connectivity index (χ1n) is 8.46. The van der Waals surface area contributed by atoms with Gasteiger partial charge in [-0.3, -0.25) is 4.79 Å². The molecule has 0 aliphatic heterocycles. The van der Waals surface area contributed by atoms with E-state index >= 15 is 0 Å². The average molecular weight is 383 g/mol. The molecule has 3 aromatic rings. The van der Waals surface area contributed by atoms with Crippen LogP contribution in [0.15, 0.2) is 71.8 Å². The quantitative estimate of drug-likeness (QED) is 0.685. The molecule has 2 aromatic carbocycles. The van der Waals surface area contributed by atoms with Crippen LogP contribution in [-0.2, 0) is 16.6 Å². The molecule has 1 heterocycles. The number of carbonyl (C=O) groups excluding carboxylic acids is 1. The van der Waals surface area contributed by atoms with Crippen LogP contribution in [0.25, 0.3) is 11.3 Å². The summed E-state index contributed by atoms with van der Waals surface area (Å²) in [5.74, 6) is -0.335. The monoisotopic (exact) mass is 383 g/mol. The van der Waals surface area contributed by atoms with Gasteiger partial charge >= 0.3 is 0 Å². The van der Waals surface area contributed by atoms with Crippen molar-refractivity contribution in [2.75, 3.05) is 14.1 Å². The largest absolute Gasteiger partial charge is 0.355 e. The van der Waals surface area contributed by atoms with Crippen LogP contribution in [0.3, 0.4) is 0 Å². The summed E-state index contributed by atoms with van der Waals surface area (Å²) in [6.07, 6.45) is 1.61. The highest BCUT2D eigenvalue weighted by atomic mass is 32.2. The maximum atomic E-state index is 13.3. The first-order chi connectivity index (χ1) is 13.0. The van der Waals surface area contributed by atoms with Crippen LogP contribution in [0.5, 0.6) is 0 Å². The Balaban J connectivity index is 2.16. The summed E-state index contributed by atoms with van der Waals surface area (Å²) in [6.45, 7) is 0.542. The van der Waals surface area contributed by atoms with Crippen LogP contribution in [0, 0.1) is 0 Å². The smallest absolute Gasteiger partial charge is 0.268 e. The maximum Gasteiger partial charge on any atom is 0.268 e. The fourth-order valence-corrected chi connectivity index (χ4v) is 4.32. The molecule has 0 aliphatic carbocycles. The van der Waals surface area contributed by atoms with E-state index < -0.39 is 10.0 Å². The van der Waals surface area contributed by atoms with E-state index in [0.29, 0.717) is 17.8 Å². The second-order valence-electron chi connectivity index (χ2n) is 6.04. The minimum Gasteiger partial charge on any atom is -0.355 e. The number of aromatic nitrogens is 1. The summed E-state index contributed by atoms with van der Waals surface area (Å²) in [5.41, 5.74) is 2.52. The molecule has 0 saturated carbocycles. The molecule has 3 rings (SSSR count). The van der Waals surface area contributed by atoms with Crippen molar-refractivity contribution in [1.29, 1.82) is 0 Å². The normalized spacial score (nSPS) is 11.3. The zero-order chi connectivity index (χ0) is 19.4. The van der Waals surface area contributed by atoms with E-state index in [4.69, 9.17) is 0 Å². The Hall–Kier alpha value is -2.90. The molecule has 27 heavy (non-hydrogen) atoms. The molecular weight excluding hydrogens is 362 g/mol. The van der Waals surface area contributed by atoms with Gasteiger partial charge in [0.2, 0.25) is 0 Å². The molecule has 0 bridgehead atoms. The van der Waals surface area contributed by atoms with E-state index in [1.54, 1.807) is 25.4 Å². The van der Waals surface area contributed by atoms with Gasteiger partial charge in [-0.05, 0) is 42.4 Å². The number of nitrogens with zero attached hydrogens (tertiary/aromatic N) is 1. The van der Waals surface area contributed by atoms with E-state index in [9.17, 15) is 13.2 Å². The molecule has 140 valence electrons. The van der Waals surface area contributed by atoms with Crippen LogP contribution in [0.4, 0.5) is 0 Å². The summed E-state index contributed by atoms with van der Waals surface area (Å²) in [7, 11) is -0.557. The lowest BCUT2D eigenvalue weighted by Crippen LogP contribution is -2.19. The predicted molar refractivity (Wildman–Crippen MR) is 105 cm³/mol. The van der Waals surface area contributed by atoms with E-state index in [0.717, 1.165) is 11.1 Å². The zero-order valence-corrected chi connectivity index (χ0v) is 16.0. The van der Waals surface area contributed by atoms with Gasteiger partial charge in [0.25, 0.3) is 15.9 Å². The summed E-state index contributed by atoms with van der Waals surface area (Å²) < 4.78 is 27.9. The van der Waals surface area contributed by atoms with Gasteiger partial charge in [0.15, 0.2) is 0 Å². The van der Waals surface area contributed by atoms with E-state index in [-0.39, 0.29) is 10.8 Å². The average Bonchev–Trinajstić information content (AvgIpc) is 3.13. The highest BCUT2D eigenvalue weighted by Crippen LogP contribution is 2.27. The molecule has 1 amide bonds. The van der Waals surface area contributed by atoms with Gasteiger partial charge in [0.1, 0.15) is 0 Å². The molecule has 6 nitrogen and oxygen atoms in total. The minimum absolute atomic E-state index is 0.0624. The Morgan fingerprint density at radius 2 is 1.74 bits per heavy atom. The first kappa shape index (κ1) is 18.9. The Labute approximate surface area is 158 Å². The Morgan fingerprint density at radius 3 is 2.41 bits per heavy atom. The molecule has 0 fully saturated rings. The van der Waals surface area contributed by atoms with Gasteiger partial charge in [0.05, 0.1) is 10.6 Å². The van der Waals surface area contributed by atoms with Gasteiger partial charge in [-0.25, -0.2) is 12.4 Å². The second-order valence-corrected chi connectivity index (χ2v) is 7.85. The van der Waals surface area contributed by atoms with Crippen LogP contribution >= 0.6 is 0 Å². The number of rotatable bonds is 6. The summed E-state index contributed by atoms with van der Waals surface area (Å²) in [4.78, 5) is 11.9. The lowest BCUT2D eigenvalue weighted by atomic mass is 10.1. The maximum absolute atomic E-state index is 13.3. The molecule has 0 spiro atoms. The van der Waals surface area contributed by atoms with Crippen molar-refractivity contribution in [1.82, 2.24) is 14.6 Å². The lowest BCUT2D eigenvalue weighted by molar-refractivity contribution is 0.0963. The highest BCUT2D eigenvalue weighted by Gasteiger charge is 2.22. The van der Waals surface area contributed by atoms with Gasteiger partial charge in [-0.2, -0.15) is 0 Å². The van der Waals surface area contributed by atoms with Crippen LogP contribution in [-0.4, -0.2) is 32.4 Å². The fourth-order valence-electron chi connectivity index (χ4n) is 2.87. The highest BCUT2D eigenvalue weighted by molar-refractivity contribution is 7.90. The predicted octanol–water partition coefficient (Wildman–Crippen LogP) is 2.47. The molecule has 0 radical (unpaired) electrons. The third-order valence-electron chi connectivity index (χ3n) is 4.17. The number of hydrogen-bond donors (Lipinski definition) is 2. The molecular formula is C20H21N3O3S. The van der Waals surface area contributed by atoms with Crippen LogP contribution in [0.1, 0.15) is 15.9 Å². The van der Waals surface area contributed by atoms with Gasteiger partial charge in [-0.15, -0.1) is 0 Å². The topological polar surface area (TPSA) is 80.2 Å². The van der Waals surface area contributed by atoms with Crippen LogP contribution in [0.2, 0.25) is 0 Å². The Morgan fingerprint density at radius 1 is 1.00 bits per heavy atom. The zero-order valence-electron chi connectivity index (χ0n) is 15.1. The molecule has 7 heteroatoms. The van der Waals surface area contributed by atoms with Crippen molar-refractivity contribution in [2.45, 2.75) is 11.4 Å². The molecule has 2 N–H and O–H groups in total. The third kappa shape index (κ3) is 3.79. The number of nitrogens with one attached hydrogen (secondary N) is 2. The molecule has 0 unspecified atom stereocenters. The fraction of sp³-hybridized carbons (Fsp3) is 0.150. The van der Waals surface area contributed by atoms with Gasteiger partial charge < -0.3 is 10.6 Å². The number of hydrogen-bond acceptors (Lipinski definition) is 4. The first-order valence-corrected chi connectivity index (χ1v) is 9.90. The van der Waals surface area contributed by atoms with Crippen molar-refractivity contribution in [3.63, 3.8) is 0 Å². The third-order valence-corrected chi connectivity index (χ3v) is 5.84. The van der Waals surface area contributed by atoms with Crippen molar-refractivity contribution in [2.24, 2.45) is 0 Å². The summed E-state index contributed by atoms with van der Waals surface area (Å²) in [6, 6.07) is 17.2. The molecule has 1 aromatic heterocycles. The summed E-state index contributed by atoms with van der Waals surface area (Å²) >= 11 is 0. The van der Waals surface area contributed by atoms with Crippen molar-refractivity contribution in [3.8, 4) is 11.3 Å².